The minimum Gasteiger partial charge on any atom is -0.383 e. The third-order valence-corrected chi connectivity index (χ3v) is 3.91. The lowest BCUT2D eigenvalue weighted by Crippen LogP contribution is -2.30. The second-order valence-electron chi connectivity index (χ2n) is 5.66. The number of aromatic amines is 1. The van der Waals surface area contributed by atoms with Gasteiger partial charge in [-0.25, -0.2) is 0 Å². The van der Waals surface area contributed by atoms with Gasteiger partial charge in [-0.05, 0) is 13.0 Å². The van der Waals surface area contributed by atoms with Crippen molar-refractivity contribution in [3.05, 3.63) is 58.4 Å². The van der Waals surface area contributed by atoms with Crippen LogP contribution >= 0.6 is 0 Å². The van der Waals surface area contributed by atoms with E-state index in [0.717, 1.165) is 0 Å². The maximum absolute atomic E-state index is 12.7. The van der Waals surface area contributed by atoms with E-state index < -0.39 is 0 Å². The van der Waals surface area contributed by atoms with Crippen LogP contribution in [0.3, 0.4) is 0 Å². The quantitative estimate of drug-likeness (QED) is 0.703. The molecule has 0 radical (unpaired) electrons. The van der Waals surface area contributed by atoms with E-state index in [0.29, 0.717) is 35.4 Å². The van der Waals surface area contributed by atoms with Gasteiger partial charge >= 0.3 is 0 Å². The molecule has 8 nitrogen and oxygen atoms in total. The largest absolute Gasteiger partial charge is 0.383 e. The summed E-state index contributed by atoms with van der Waals surface area (Å²) < 4.78 is 6.88. The molecule has 0 aliphatic heterocycles. The number of aromatic nitrogens is 4. The van der Waals surface area contributed by atoms with Crippen molar-refractivity contribution < 1.29 is 9.53 Å². The van der Waals surface area contributed by atoms with E-state index in [2.05, 4.69) is 20.5 Å². The van der Waals surface area contributed by atoms with Crippen LogP contribution in [-0.2, 0) is 11.3 Å². The molecule has 3 aromatic rings. The summed E-state index contributed by atoms with van der Waals surface area (Å²) >= 11 is 0. The first-order chi connectivity index (χ1) is 12.1. The van der Waals surface area contributed by atoms with E-state index in [1.807, 2.05) is 17.6 Å². The van der Waals surface area contributed by atoms with Gasteiger partial charge in [-0.2, -0.15) is 0 Å². The van der Waals surface area contributed by atoms with Crippen molar-refractivity contribution in [1.82, 2.24) is 25.1 Å². The molecule has 2 heterocycles. The lowest BCUT2D eigenvalue weighted by Gasteiger charge is -2.15. The number of para-hydroxylation sites is 1. The highest BCUT2D eigenvalue weighted by molar-refractivity contribution is 6.06. The van der Waals surface area contributed by atoms with Crippen molar-refractivity contribution in [2.45, 2.75) is 19.5 Å². The van der Waals surface area contributed by atoms with E-state index in [1.54, 1.807) is 31.6 Å². The Kier molecular flexibility index (Phi) is 4.90. The number of hydrogen-bond acceptors (Lipinski definition) is 5. The normalized spacial score (nSPS) is 12.2. The number of H-pyrrole nitrogens is 1. The Bertz CT molecular complexity index is 947. The second kappa shape index (κ2) is 7.27. The van der Waals surface area contributed by atoms with E-state index in [4.69, 9.17) is 4.74 Å². The maximum Gasteiger partial charge on any atom is 0.252 e. The number of rotatable bonds is 6. The summed E-state index contributed by atoms with van der Waals surface area (Å²) in [6.07, 6.45) is 1.60. The van der Waals surface area contributed by atoms with Gasteiger partial charge in [0.15, 0.2) is 5.82 Å². The van der Waals surface area contributed by atoms with Crippen LogP contribution in [0.4, 0.5) is 0 Å². The monoisotopic (exact) mass is 341 g/mol. The zero-order valence-corrected chi connectivity index (χ0v) is 14.0. The molecule has 0 saturated carbocycles. The van der Waals surface area contributed by atoms with Crippen molar-refractivity contribution in [2.75, 3.05) is 13.7 Å². The number of fused-ring (bicyclic) bond motifs is 1. The molecule has 0 bridgehead atoms. The zero-order chi connectivity index (χ0) is 17.8. The SMILES string of the molecule is COCCn1cnnc1[C@H](C)NC(=O)c1cc(=O)[nH]c2ccccc12. The topological polar surface area (TPSA) is 102 Å². The summed E-state index contributed by atoms with van der Waals surface area (Å²) in [5.41, 5.74) is 0.630. The van der Waals surface area contributed by atoms with Gasteiger partial charge in [0.1, 0.15) is 6.33 Å². The average Bonchev–Trinajstić information content (AvgIpc) is 3.07. The van der Waals surface area contributed by atoms with Crippen molar-refractivity contribution in [1.29, 1.82) is 0 Å². The number of carbonyl (C=O) groups is 1. The first kappa shape index (κ1) is 16.8. The summed E-state index contributed by atoms with van der Waals surface area (Å²) in [5, 5.41) is 11.5. The summed E-state index contributed by atoms with van der Waals surface area (Å²) in [7, 11) is 1.62. The van der Waals surface area contributed by atoms with Crippen LogP contribution in [0.2, 0.25) is 0 Å². The molecule has 0 fully saturated rings. The van der Waals surface area contributed by atoms with Crippen LogP contribution in [0, 0.1) is 0 Å². The number of methoxy groups -OCH3 is 1. The van der Waals surface area contributed by atoms with Crippen LogP contribution in [0.5, 0.6) is 0 Å². The molecule has 1 amide bonds. The predicted octanol–water partition coefficient (Wildman–Crippen LogP) is 1.26. The zero-order valence-electron chi connectivity index (χ0n) is 14.0. The van der Waals surface area contributed by atoms with Gasteiger partial charge in [-0.1, -0.05) is 18.2 Å². The maximum atomic E-state index is 12.7. The lowest BCUT2D eigenvalue weighted by molar-refractivity contribution is 0.0938. The molecular weight excluding hydrogens is 322 g/mol. The van der Waals surface area contributed by atoms with Crippen LogP contribution in [0.1, 0.15) is 29.1 Å². The van der Waals surface area contributed by atoms with Gasteiger partial charge in [-0.15, -0.1) is 10.2 Å². The molecule has 8 heteroatoms. The second-order valence-corrected chi connectivity index (χ2v) is 5.66. The predicted molar refractivity (Wildman–Crippen MR) is 92.3 cm³/mol. The van der Waals surface area contributed by atoms with E-state index >= 15 is 0 Å². The lowest BCUT2D eigenvalue weighted by atomic mass is 10.1. The molecule has 0 aliphatic rings. The summed E-state index contributed by atoms with van der Waals surface area (Å²) in [4.78, 5) is 27.2. The van der Waals surface area contributed by atoms with E-state index in [9.17, 15) is 9.59 Å². The first-order valence-electron chi connectivity index (χ1n) is 7.89. The Balaban J connectivity index is 1.86. The summed E-state index contributed by atoms with van der Waals surface area (Å²) in [6, 6.07) is 8.12. The van der Waals surface area contributed by atoms with Gasteiger partial charge in [0.25, 0.3) is 5.91 Å². The fourth-order valence-corrected chi connectivity index (χ4v) is 2.69. The molecule has 0 aliphatic carbocycles. The number of nitrogens with one attached hydrogen (secondary N) is 2. The third-order valence-electron chi connectivity index (χ3n) is 3.91. The third kappa shape index (κ3) is 3.58. The summed E-state index contributed by atoms with van der Waals surface area (Å²) in [5.74, 6) is 0.288. The Labute approximate surface area is 143 Å². The van der Waals surface area contributed by atoms with Crippen molar-refractivity contribution in [3.63, 3.8) is 0 Å². The van der Waals surface area contributed by atoms with Crippen LogP contribution in [-0.4, -0.2) is 39.4 Å². The van der Waals surface area contributed by atoms with Gasteiger partial charge in [0.05, 0.1) is 18.2 Å². The fraction of sp³-hybridized carbons (Fsp3) is 0.294. The Morgan fingerprint density at radius 3 is 3.00 bits per heavy atom. The fourth-order valence-electron chi connectivity index (χ4n) is 2.69. The van der Waals surface area contributed by atoms with Gasteiger partial charge in [-0.3, -0.25) is 9.59 Å². The number of ether oxygens (including phenoxy) is 1. The molecule has 3 rings (SSSR count). The van der Waals surface area contributed by atoms with E-state index in [1.165, 1.54) is 6.07 Å². The van der Waals surface area contributed by atoms with Crippen LogP contribution < -0.4 is 10.9 Å². The Morgan fingerprint density at radius 2 is 2.20 bits per heavy atom. The number of carbonyl (C=O) groups excluding carboxylic acids is 1. The molecule has 0 saturated heterocycles. The molecule has 2 aromatic heterocycles. The first-order valence-corrected chi connectivity index (χ1v) is 7.89. The van der Waals surface area contributed by atoms with Crippen molar-refractivity contribution in [3.8, 4) is 0 Å². The van der Waals surface area contributed by atoms with Crippen LogP contribution in [0.25, 0.3) is 10.9 Å². The number of hydrogen-bond donors (Lipinski definition) is 2. The molecule has 1 aromatic carbocycles. The van der Waals surface area contributed by atoms with E-state index in [-0.39, 0.29) is 17.5 Å². The van der Waals surface area contributed by atoms with Gasteiger partial charge in [0, 0.05) is 30.6 Å². The Morgan fingerprint density at radius 1 is 1.40 bits per heavy atom. The molecule has 25 heavy (non-hydrogen) atoms. The number of amides is 1. The highest BCUT2D eigenvalue weighted by atomic mass is 16.5. The standard InChI is InChI=1S/C17H19N5O3/c1-11(16-21-18-10-22(16)7-8-25-2)19-17(24)13-9-15(23)20-14-6-4-3-5-12(13)14/h3-6,9-11H,7-8H2,1-2H3,(H,19,24)(H,20,23)/t11-/m0/s1. The number of pyridine rings is 1. The van der Waals surface area contributed by atoms with Crippen LogP contribution in [0.15, 0.2) is 41.5 Å². The minimum absolute atomic E-state index is 0.320. The van der Waals surface area contributed by atoms with Gasteiger partial charge < -0.3 is 19.6 Å². The van der Waals surface area contributed by atoms with Crippen molar-refractivity contribution in [2.24, 2.45) is 0 Å². The number of benzene rings is 1. The average molecular weight is 341 g/mol. The Hall–Kier alpha value is -3.00. The molecule has 130 valence electrons. The highest BCUT2D eigenvalue weighted by Gasteiger charge is 2.18. The minimum atomic E-state index is -0.370. The highest BCUT2D eigenvalue weighted by Crippen LogP contribution is 2.16. The smallest absolute Gasteiger partial charge is 0.252 e. The van der Waals surface area contributed by atoms with Gasteiger partial charge in [0.2, 0.25) is 5.56 Å². The molecule has 1 atom stereocenters. The summed E-state index contributed by atoms with van der Waals surface area (Å²) in [6.45, 7) is 2.93. The molecule has 2 N–H and O–H groups in total. The molecular formula is C17H19N5O3. The number of nitrogens with zero attached hydrogens (tertiary/aromatic N) is 3. The molecule has 0 unspecified atom stereocenters. The molecule has 0 spiro atoms. The van der Waals surface area contributed by atoms with Crippen molar-refractivity contribution >= 4 is 16.8 Å².